The average molecular weight is 708 g/mol. The fourth-order valence-electron chi connectivity index (χ4n) is 9.73. The summed E-state index contributed by atoms with van der Waals surface area (Å²) < 4.78 is 6.83. The molecule has 2 nitrogen and oxygen atoms in total. The molecule has 0 amide bonds. The van der Waals surface area contributed by atoms with E-state index in [1.807, 2.05) is 0 Å². The Kier molecular flexibility index (Phi) is 6.65. The summed E-state index contributed by atoms with van der Waals surface area (Å²) in [6.07, 6.45) is 0. The fourth-order valence-corrected chi connectivity index (χ4v) is 14.9. The van der Waals surface area contributed by atoms with E-state index in [1.165, 1.54) is 54.1 Å². The summed E-state index contributed by atoms with van der Waals surface area (Å²) in [7, 11) is -2.84. The van der Waals surface area contributed by atoms with Gasteiger partial charge in [0.15, 0.2) is 8.07 Å². The zero-order valence-corrected chi connectivity index (χ0v) is 31.3. The predicted octanol–water partition coefficient (Wildman–Crippen LogP) is 10.7. The van der Waals surface area contributed by atoms with Crippen LogP contribution in [-0.2, 0) is 5.41 Å². The Bertz CT molecular complexity index is 2870. The lowest BCUT2D eigenvalue weighted by Gasteiger charge is -2.33. The minimum Gasteiger partial charge on any atom is -0.455 e. The second-order valence-corrected chi connectivity index (χ2v) is 19.0. The molecule has 54 heavy (non-hydrogen) atoms. The van der Waals surface area contributed by atoms with Gasteiger partial charge in [-0.05, 0) is 91.0 Å². The molecule has 0 N–H and O–H groups in total. The first kappa shape index (κ1) is 31.1. The van der Waals surface area contributed by atoms with Crippen molar-refractivity contribution >= 4 is 67.8 Å². The molecule has 1 aromatic heterocycles. The zero-order valence-electron chi connectivity index (χ0n) is 30.3. The van der Waals surface area contributed by atoms with Gasteiger partial charge < -0.3 is 9.32 Å². The van der Waals surface area contributed by atoms with E-state index in [-0.39, 0.29) is 5.41 Å². The van der Waals surface area contributed by atoms with Crippen molar-refractivity contribution in [1.29, 1.82) is 0 Å². The number of para-hydroxylation sites is 2. The van der Waals surface area contributed by atoms with E-state index in [2.05, 4.69) is 207 Å². The lowest BCUT2D eigenvalue weighted by atomic mass is 9.82. The van der Waals surface area contributed by atoms with Gasteiger partial charge in [0.2, 0.25) is 0 Å². The van der Waals surface area contributed by atoms with Crippen molar-refractivity contribution in [1.82, 2.24) is 0 Å². The second-order valence-electron chi connectivity index (χ2n) is 15.2. The molecular weight excluding hydrogens is 671 g/mol. The van der Waals surface area contributed by atoms with Crippen molar-refractivity contribution in [3.63, 3.8) is 0 Å². The molecule has 0 atom stereocenters. The Morgan fingerprint density at radius 2 is 1.04 bits per heavy atom. The number of furan rings is 1. The van der Waals surface area contributed by atoms with E-state index in [0.717, 1.165) is 39.0 Å². The van der Waals surface area contributed by atoms with Crippen molar-refractivity contribution in [2.75, 3.05) is 4.90 Å². The van der Waals surface area contributed by atoms with Crippen LogP contribution in [0.1, 0.15) is 25.0 Å². The van der Waals surface area contributed by atoms with E-state index in [9.17, 15) is 0 Å². The van der Waals surface area contributed by atoms with Gasteiger partial charge >= 0.3 is 0 Å². The quantitative estimate of drug-likeness (QED) is 0.166. The van der Waals surface area contributed by atoms with Gasteiger partial charge in [0.25, 0.3) is 0 Å². The number of hydrogen-bond acceptors (Lipinski definition) is 2. The van der Waals surface area contributed by atoms with Gasteiger partial charge in [0, 0.05) is 38.8 Å². The normalized spacial score (nSPS) is 14.4. The average Bonchev–Trinajstić information content (AvgIpc) is 3.83. The van der Waals surface area contributed by atoms with Crippen LogP contribution in [0.5, 0.6) is 0 Å². The number of benzene rings is 8. The summed E-state index contributed by atoms with van der Waals surface area (Å²) in [6, 6.07) is 69.7. The SMILES string of the molecule is CC1(C)c2ccccc2-c2ccc(N(c3ccccc3)c3ccc4c(c3)[Si](c3ccccc3)(c3ccccc3)c3ccc5c(oc6ccccc65)c3-4)cc21. The highest BCUT2D eigenvalue weighted by molar-refractivity contribution is 7.22. The van der Waals surface area contributed by atoms with Gasteiger partial charge in [-0.2, -0.15) is 0 Å². The number of fused-ring (bicyclic) bond motifs is 10. The van der Waals surface area contributed by atoms with Gasteiger partial charge in [0.1, 0.15) is 11.2 Å². The summed E-state index contributed by atoms with van der Waals surface area (Å²) >= 11 is 0. The third-order valence-corrected chi connectivity index (χ3v) is 17.0. The van der Waals surface area contributed by atoms with Crippen molar-refractivity contribution in [3.05, 3.63) is 199 Å². The molecule has 11 rings (SSSR count). The first-order chi connectivity index (χ1) is 26.5. The molecule has 2 heterocycles. The highest BCUT2D eigenvalue weighted by Crippen LogP contribution is 2.51. The molecule has 0 fully saturated rings. The lowest BCUT2D eigenvalue weighted by molar-refractivity contribution is 0.660. The summed E-state index contributed by atoms with van der Waals surface area (Å²) in [5, 5.41) is 7.82. The van der Waals surface area contributed by atoms with E-state index >= 15 is 0 Å². The van der Waals surface area contributed by atoms with Crippen molar-refractivity contribution in [2.45, 2.75) is 19.3 Å². The van der Waals surface area contributed by atoms with Crippen LogP contribution in [0.3, 0.4) is 0 Å². The molecule has 0 spiro atoms. The minimum atomic E-state index is -2.84. The first-order valence-electron chi connectivity index (χ1n) is 18.9. The van der Waals surface area contributed by atoms with Crippen LogP contribution in [0.2, 0.25) is 0 Å². The van der Waals surface area contributed by atoms with Gasteiger partial charge in [-0.3, -0.25) is 0 Å². The highest BCUT2D eigenvalue weighted by Gasteiger charge is 2.50. The molecule has 9 aromatic rings. The van der Waals surface area contributed by atoms with Crippen LogP contribution in [0.25, 0.3) is 44.2 Å². The lowest BCUT2D eigenvalue weighted by Crippen LogP contribution is -2.72. The molecule has 0 saturated heterocycles. The van der Waals surface area contributed by atoms with Crippen LogP contribution < -0.4 is 25.6 Å². The van der Waals surface area contributed by atoms with Gasteiger partial charge in [0.05, 0.1) is 0 Å². The summed E-state index contributed by atoms with van der Waals surface area (Å²) in [5.74, 6) is 0. The van der Waals surface area contributed by atoms with Crippen LogP contribution in [0.4, 0.5) is 17.1 Å². The molecule has 3 heteroatoms. The molecule has 0 radical (unpaired) electrons. The molecule has 2 aliphatic rings. The predicted molar refractivity (Wildman–Crippen MR) is 229 cm³/mol. The third-order valence-electron chi connectivity index (χ3n) is 12.1. The number of rotatable bonds is 5. The summed E-state index contributed by atoms with van der Waals surface area (Å²) in [5.41, 5.74) is 13.1. The van der Waals surface area contributed by atoms with Crippen molar-refractivity contribution in [3.8, 4) is 22.3 Å². The van der Waals surface area contributed by atoms with E-state index < -0.39 is 8.07 Å². The van der Waals surface area contributed by atoms with E-state index in [4.69, 9.17) is 4.42 Å². The van der Waals surface area contributed by atoms with Crippen LogP contribution in [0.15, 0.2) is 192 Å². The Morgan fingerprint density at radius 3 is 1.78 bits per heavy atom. The Balaban J connectivity index is 1.21. The molecule has 0 bridgehead atoms. The van der Waals surface area contributed by atoms with E-state index in [1.54, 1.807) is 0 Å². The largest absolute Gasteiger partial charge is 0.455 e. The molecule has 0 unspecified atom stereocenters. The second kappa shape index (κ2) is 11.5. The fraction of sp³-hybridized carbons (Fsp3) is 0.0588. The van der Waals surface area contributed by atoms with Crippen molar-refractivity contribution < 1.29 is 4.42 Å². The van der Waals surface area contributed by atoms with Crippen molar-refractivity contribution in [2.24, 2.45) is 0 Å². The minimum absolute atomic E-state index is 0.107. The number of hydrogen-bond donors (Lipinski definition) is 0. The van der Waals surface area contributed by atoms with E-state index in [0.29, 0.717) is 0 Å². The van der Waals surface area contributed by atoms with Crippen LogP contribution in [-0.4, -0.2) is 8.07 Å². The highest BCUT2D eigenvalue weighted by atomic mass is 28.3. The zero-order chi connectivity index (χ0) is 36.0. The standard InChI is InChI=1S/C51H37NOSi/c1-51(2)44-24-14-12-22-39(44)40-28-26-35(32-45(40)51)52(34-16-6-3-7-17-34)36-27-29-43-48(33-36)54(37-18-8-4-9-19-37,38-20-10-5-11-21-38)47-31-30-42-41-23-13-15-25-46(41)53-50(42)49(43)47/h3-33H,1-2H3. The molecule has 256 valence electrons. The molecule has 1 aliphatic carbocycles. The maximum absolute atomic E-state index is 6.83. The first-order valence-corrected chi connectivity index (χ1v) is 20.9. The molecular formula is C51H37NOSi. The van der Waals surface area contributed by atoms with Gasteiger partial charge in [-0.25, -0.2) is 0 Å². The maximum Gasteiger partial charge on any atom is 0.181 e. The topological polar surface area (TPSA) is 16.4 Å². The Hall–Kier alpha value is -6.42. The molecule has 0 saturated carbocycles. The number of anilines is 3. The smallest absolute Gasteiger partial charge is 0.181 e. The van der Waals surface area contributed by atoms with Gasteiger partial charge in [-0.15, -0.1) is 0 Å². The summed E-state index contributed by atoms with van der Waals surface area (Å²) in [6.45, 7) is 4.72. The third kappa shape index (κ3) is 4.22. The summed E-state index contributed by atoms with van der Waals surface area (Å²) in [4.78, 5) is 2.45. The maximum atomic E-state index is 6.83. The molecule has 1 aliphatic heterocycles. The van der Waals surface area contributed by atoms with Crippen LogP contribution in [0, 0.1) is 0 Å². The Morgan fingerprint density at radius 1 is 0.444 bits per heavy atom. The Labute approximate surface area is 316 Å². The molecule has 8 aromatic carbocycles. The van der Waals surface area contributed by atoms with Gasteiger partial charge in [-0.1, -0.05) is 159 Å². The monoisotopic (exact) mass is 707 g/mol. The number of nitrogens with zero attached hydrogens (tertiary/aromatic N) is 1. The van der Waals surface area contributed by atoms with Crippen LogP contribution >= 0.6 is 0 Å².